The maximum absolute atomic E-state index is 12.0. The van der Waals surface area contributed by atoms with Gasteiger partial charge < -0.3 is 14.8 Å². The number of ketones is 1. The van der Waals surface area contributed by atoms with E-state index in [1.807, 2.05) is 0 Å². The molecule has 1 N–H and O–H groups in total. The molecule has 1 fully saturated rings. The lowest BCUT2D eigenvalue weighted by molar-refractivity contribution is -0.155. The van der Waals surface area contributed by atoms with Gasteiger partial charge in [-0.15, -0.1) is 0 Å². The lowest BCUT2D eigenvalue weighted by atomic mass is 9.89. The summed E-state index contributed by atoms with van der Waals surface area (Å²) in [7, 11) is 2.68. The van der Waals surface area contributed by atoms with E-state index in [-0.39, 0.29) is 6.42 Å². The summed E-state index contributed by atoms with van der Waals surface area (Å²) in [6.45, 7) is 0. The monoisotopic (exact) mass is 355 g/mol. The summed E-state index contributed by atoms with van der Waals surface area (Å²) in [6.07, 6.45) is 0.0251. The van der Waals surface area contributed by atoms with Crippen molar-refractivity contribution in [3.63, 3.8) is 0 Å². The number of nitrogens with one attached hydrogen (secondary N) is 1. The topological polar surface area (TPSA) is 81.7 Å². The van der Waals surface area contributed by atoms with E-state index >= 15 is 0 Å². The highest BCUT2D eigenvalue weighted by Gasteiger charge is 2.41. The number of hydrogen-bond acceptors (Lipinski definition) is 5. The smallest absolute Gasteiger partial charge is 0.325 e. The lowest BCUT2D eigenvalue weighted by Crippen LogP contribution is -2.48. The number of esters is 1. The Bertz CT molecular complexity index is 583. The maximum Gasteiger partial charge on any atom is 0.325 e. The number of carbonyl (C=O) groups is 3. The van der Waals surface area contributed by atoms with Crippen molar-refractivity contribution in [2.45, 2.75) is 12.5 Å². The second kappa shape index (κ2) is 6.26. The highest BCUT2D eigenvalue weighted by Crippen LogP contribution is 2.32. The average molecular weight is 356 g/mol. The van der Waals surface area contributed by atoms with Crippen molar-refractivity contribution < 1.29 is 23.9 Å². The van der Waals surface area contributed by atoms with E-state index in [2.05, 4.69) is 26.0 Å². The number of carbonyl (C=O) groups excluding carboxylic acids is 3. The Labute approximate surface area is 129 Å². The Morgan fingerprint density at radius 1 is 1.33 bits per heavy atom. The summed E-state index contributed by atoms with van der Waals surface area (Å²) in [6, 6.07) is 4.77. The van der Waals surface area contributed by atoms with Crippen molar-refractivity contribution in [2.75, 3.05) is 14.2 Å². The van der Waals surface area contributed by atoms with Gasteiger partial charge in [0.05, 0.1) is 20.3 Å². The van der Waals surface area contributed by atoms with Gasteiger partial charge in [-0.2, -0.15) is 0 Å². The van der Waals surface area contributed by atoms with Gasteiger partial charge in [0.15, 0.2) is 11.7 Å². The third-order valence-electron chi connectivity index (χ3n) is 3.32. The zero-order valence-electron chi connectivity index (χ0n) is 11.5. The fourth-order valence-corrected chi connectivity index (χ4v) is 2.75. The first-order valence-corrected chi connectivity index (χ1v) is 7.01. The number of rotatable bonds is 3. The Morgan fingerprint density at radius 2 is 2.05 bits per heavy atom. The van der Waals surface area contributed by atoms with Crippen LogP contribution in [-0.2, 0) is 19.1 Å². The molecule has 1 saturated heterocycles. The molecule has 1 aromatic carbocycles. The quantitative estimate of drug-likeness (QED) is 0.654. The molecule has 2 rings (SSSR count). The second-order valence-corrected chi connectivity index (χ2v) is 5.43. The second-order valence-electron chi connectivity index (χ2n) is 4.58. The standard InChI is InChI=1S/C14H14BrNO5/c1-20-7-3-4-9(15)8(5-7)10-6-11(17)12(13(18)16-10)14(19)21-2/h3-5,10,12H,6H2,1-2H3,(H,16,18)/t10-,12?/m1/s1. The van der Waals surface area contributed by atoms with E-state index in [1.54, 1.807) is 18.2 Å². The number of hydrogen-bond donors (Lipinski definition) is 1. The van der Waals surface area contributed by atoms with Crippen molar-refractivity contribution in [1.29, 1.82) is 0 Å². The van der Waals surface area contributed by atoms with Crippen molar-refractivity contribution >= 4 is 33.6 Å². The molecular formula is C14H14BrNO5. The van der Waals surface area contributed by atoms with Gasteiger partial charge in [0, 0.05) is 10.9 Å². The van der Waals surface area contributed by atoms with Crippen LogP contribution in [0.2, 0.25) is 0 Å². The lowest BCUT2D eigenvalue weighted by Gasteiger charge is -2.28. The first-order valence-electron chi connectivity index (χ1n) is 6.22. The van der Waals surface area contributed by atoms with Gasteiger partial charge >= 0.3 is 5.97 Å². The van der Waals surface area contributed by atoms with Crippen LogP contribution in [0.3, 0.4) is 0 Å². The van der Waals surface area contributed by atoms with E-state index in [9.17, 15) is 14.4 Å². The highest BCUT2D eigenvalue weighted by atomic mass is 79.9. The molecule has 6 nitrogen and oxygen atoms in total. The van der Waals surface area contributed by atoms with E-state index < -0.39 is 29.6 Å². The van der Waals surface area contributed by atoms with Crippen molar-refractivity contribution in [3.05, 3.63) is 28.2 Å². The van der Waals surface area contributed by atoms with Crippen LogP contribution in [-0.4, -0.2) is 31.9 Å². The first kappa shape index (κ1) is 15.5. The number of piperidine rings is 1. The molecule has 2 atom stereocenters. The zero-order valence-corrected chi connectivity index (χ0v) is 13.1. The molecule has 1 unspecified atom stereocenters. The van der Waals surface area contributed by atoms with Crippen molar-refractivity contribution in [3.8, 4) is 5.75 Å². The normalized spacial score (nSPS) is 21.7. The van der Waals surface area contributed by atoms with E-state index in [0.29, 0.717) is 5.75 Å². The highest BCUT2D eigenvalue weighted by molar-refractivity contribution is 9.10. The third-order valence-corrected chi connectivity index (χ3v) is 4.04. The Morgan fingerprint density at radius 3 is 2.62 bits per heavy atom. The Balaban J connectivity index is 2.27. The van der Waals surface area contributed by atoms with Crippen LogP contribution in [0.1, 0.15) is 18.0 Å². The molecule has 1 aliphatic heterocycles. The molecule has 7 heteroatoms. The summed E-state index contributed by atoms with van der Waals surface area (Å²) in [5.41, 5.74) is 0.722. The molecule has 0 aromatic heterocycles. The summed E-state index contributed by atoms with van der Waals surface area (Å²) in [5, 5.41) is 2.67. The first-order chi connectivity index (χ1) is 9.97. The van der Waals surface area contributed by atoms with Gasteiger partial charge in [0.25, 0.3) is 0 Å². The molecule has 1 heterocycles. The van der Waals surface area contributed by atoms with Crippen molar-refractivity contribution in [2.24, 2.45) is 5.92 Å². The Hall–Kier alpha value is -1.89. The minimum absolute atomic E-state index is 0.0251. The third kappa shape index (κ3) is 3.07. The zero-order chi connectivity index (χ0) is 15.6. The van der Waals surface area contributed by atoms with E-state index in [4.69, 9.17) is 4.74 Å². The fourth-order valence-electron chi connectivity index (χ4n) is 2.23. The molecule has 112 valence electrons. The molecular weight excluding hydrogens is 342 g/mol. The van der Waals surface area contributed by atoms with Gasteiger partial charge in [0.2, 0.25) is 5.91 Å². The number of benzene rings is 1. The maximum atomic E-state index is 12.0. The minimum atomic E-state index is -1.38. The molecule has 21 heavy (non-hydrogen) atoms. The largest absolute Gasteiger partial charge is 0.497 e. The molecule has 0 spiro atoms. The molecule has 1 amide bonds. The van der Waals surface area contributed by atoms with Gasteiger partial charge in [0.1, 0.15) is 5.75 Å². The summed E-state index contributed by atoms with van der Waals surface area (Å²) in [4.78, 5) is 35.5. The molecule has 0 saturated carbocycles. The van der Waals surface area contributed by atoms with Crippen LogP contribution in [0.25, 0.3) is 0 Å². The van der Waals surface area contributed by atoms with Crippen LogP contribution in [0.5, 0.6) is 5.75 Å². The summed E-state index contributed by atoms with van der Waals surface area (Å²) >= 11 is 3.38. The summed E-state index contributed by atoms with van der Waals surface area (Å²) in [5.74, 6) is -2.69. The minimum Gasteiger partial charge on any atom is -0.497 e. The predicted molar refractivity (Wildman–Crippen MR) is 76.7 cm³/mol. The number of halogens is 1. The molecule has 0 aliphatic carbocycles. The SMILES string of the molecule is COC(=O)C1C(=O)C[C@H](c2cc(OC)ccc2Br)NC1=O. The predicted octanol–water partition coefficient (Wildman–Crippen LogP) is 1.38. The van der Waals surface area contributed by atoms with Crippen molar-refractivity contribution in [1.82, 2.24) is 5.32 Å². The fraction of sp³-hybridized carbons (Fsp3) is 0.357. The molecule has 1 aromatic rings. The van der Waals surface area contributed by atoms with Crippen LogP contribution in [0.4, 0.5) is 0 Å². The van der Waals surface area contributed by atoms with Gasteiger partial charge in [-0.25, -0.2) is 0 Å². The Kier molecular flexibility index (Phi) is 4.62. The molecule has 0 radical (unpaired) electrons. The average Bonchev–Trinajstić information content (AvgIpc) is 2.46. The van der Waals surface area contributed by atoms with Gasteiger partial charge in [-0.3, -0.25) is 14.4 Å². The van der Waals surface area contributed by atoms with Crippen LogP contribution < -0.4 is 10.1 Å². The summed E-state index contributed by atoms with van der Waals surface area (Å²) < 4.78 is 10.4. The van der Waals surface area contributed by atoms with Gasteiger partial charge in [-0.1, -0.05) is 15.9 Å². The van der Waals surface area contributed by atoms with E-state index in [1.165, 1.54) is 7.11 Å². The molecule has 0 bridgehead atoms. The number of ether oxygens (including phenoxy) is 2. The molecule has 1 aliphatic rings. The number of amides is 1. The van der Waals surface area contributed by atoms with Crippen LogP contribution >= 0.6 is 15.9 Å². The van der Waals surface area contributed by atoms with E-state index in [0.717, 1.165) is 17.1 Å². The van der Waals surface area contributed by atoms with Gasteiger partial charge in [-0.05, 0) is 23.8 Å². The number of Topliss-reactive ketones (excluding diaryl/α,β-unsaturated/α-hetero) is 1. The van der Waals surface area contributed by atoms with Crippen LogP contribution in [0.15, 0.2) is 22.7 Å². The van der Waals surface area contributed by atoms with Crippen LogP contribution in [0, 0.1) is 5.92 Å². The number of methoxy groups -OCH3 is 2.